The van der Waals surface area contributed by atoms with E-state index in [-0.39, 0.29) is 23.5 Å². The fraction of sp³-hybridized carbons (Fsp3) is 0.474. The van der Waals surface area contributed by atoms with Crippen LogP contribution in [0.1, 0.15) is 16.9 Å². The smallest absolute Gasteiger partial charge is 0.321 e. The number of hydrogen-bond donors (Lipinski definition) is 2. The molecule has 1 aromatic heterocycles. The lowest BCUT2D eigenvalue weighted by Crippen LogP contribution is -2.39. The van der Waals surface area contributed by atoms with Gasteiger partial charge in [0.1, 0.15) is 0 Å². The van der Waals surface area contributed by atoms with E-state index in [1.54, 1.807) is 9.80 Å². The molecule has 2 saturated heterocycles. The first-order valence-corrected chi connectivity index (χ1v) is 9.98. The van der Waals surface area contributed by atoms with E-state index in [0.717, 1.165) is 37.7 Å². The number of urea groups is 1. The number of benzene rings is 1. The summed E-state index contributed by atoms with van der Waals surface area (Å²) in [5.74, 6) is -0.367. The van der Waals surface area contributed by atoms with E-state index in [1.165, 1.54) is 0 Å². The molecule has 0 bridgehead atoms. The van der Waals surface area contributed by atoms with Crippen molar-refractivity contribution in [1.29, 1.82) is 0 Å². The molecule has 160 valence electrons. The summed E-state index contributed by atoms with van der Waals surface area (Å²) in [4.78, 5) is 30.8. The third-order valence-electron chi connectivity index (χ3n) is 5.28. The zero-order valence-corrected chi connectivity index (χ0v) is 16.6. The highest BCUT2D eigenvalue weighted by Crippen LogP contribution is 2.19. The summed E-state index contributed by atoms with van der Waals surface area (Å²) in [7, 11) is 0. The van der Waals surface area contributed by atoms with Crippen molar-refractivity contribution in [2.24, 2.45) is 0 Å². The molecule has 2 aromatic rings. The topological polar surface area (TPSA) is 130 Å². The molecular formula is C19H25N7O4. The molecule has 3 amide bonds. The van der Waals surface area contributed by atoms with E-state index in [9.17, 15) is 9.59 Å². The summed E-state index contributed by atoms with van der Waals surface area (Å²) in [5.41, 5.74) is 7.46. The minimum atomic E-state index is -0.338. The van der Waals surface area contributed by atoms with Crippen molar-refractivity contribution in [3.8, 4) is 0 Å². The van der Waals surface area contributed by atoms with Crippen molar-refractivity contribution in [1.82, 2.24) is 20.1 Å². The monoisotopic (exact) mass is 415 g/mol. The van der Waals surface area contributed by atoms with Gasteiger partial charge in [0.25, 0.3) is 5.91 Å². The first kappa shape index (κ1) is 20.0. The average Bonchev–Trinajstić information content (AvgIpc) is 3.05. The van der Waals surface area contributed by atoms with Crippen LogP contribution in [0.4, 0.5) is 22.0 Å². The lowest BCUT2D eigenvalue weighted by Gasteiger charge is -2.29. The van der Waals surface area contributed by atoms with Crippen LogP contribution in [0.25, 0.3) is 0 Å². The van der Waals surface area contributed by atoms with Crippen molar-refractivity contribution in [3.05, 3.63) is 30.0 Å². The molecule has 11 nitrogen and oxygen atoms in total. The number of nitrogens with two attached hydrogens (primary N) is 1. The maximum atomic E-state index is 12.7. The molecule has 30 heavy (non-hydrogen) atoms. The lowest BCUT2D eigenvalue weighted by molar-refractivity contribution is 0.0752. The number of ether oxygens (including phenoxy) is 1. The summed E-state index contributed by atoms with van der Waals surface area (Å²) < 4.78 is 9.88. The number of anilines is 3. The lowest BCUT2D eigenvalue weighted by atomic mass is 10.2. The summed E-state index contributed by atoms with van der Waals surface area (Å²) in [6.07, 6.45) is 0.653. The SMILES string of the molecule is Nc1nonc1C(=O)N1CCCN(C(=O)Nc2ccc(N3CCOCC3)cc2)CC1. The largest absolute Gasteiger partial charge is 0.379 e. The molecule has 0 unspecified atom stereocenters. The molecule has 2 aliphatic heterocycles. The van der Waals surface area contributed by atoms with Crippen LogP contribution in [0.3, 0.4) is 0 Å². The van der Waals surface area contributed by atoms with Gasteiger partial charge in [-0.1, -0.05) is 0 Å². The molecule has 11 heteroatoms. The number of nitrogen functional groups attached to an aromatic ring is 1. The predicted molar refractivity (Wildman–Crippen MR) is 109 cm³/mol. The van der Waals surface area contributed by atoms with E-state index in [1.807, 2.05) is 24.3 Å². The third-order valence-corrected chi connectivity index (χ3v) is 5.28. The Bertz CT molecular complexity index is 879. The molecule has 4 rings (SSSR count). The Kier molecular flexibility index (Phi) is 5.98. The number of aromatic nitrogens is 2. The average molecular weight is 415 g/mol. The molecule has 1 aromatic carbocycles. The molecule has 0 atom stereocenters. The van der Waals surface area contributed by atoms with Crippen molar-refractivity contribution in [2.45, 2.75) is 6.42 Å². The Labute approximate surface area is 173 Å². The Hall–Kier alpha value is -3.34. The minimum Gasteiger partial charge on any atom is -0.379 e. The molecule has 0 aliphatic carbocycles. The van der Waals surface area contributed by atoms with Crippen LogP contribution in [0.2, 0.25) is 0 Å². The van der Waals surface area contributed by atoms with Crippen LogP contribution in [0, 0.1) is 0 Å². The zero-order valence-electron chi connectivity index (χ0n) is 16.6. The molecule has 2 fully saturated rings. The maximum absolute atomic E-state index is 12.7. The highest BCUT2D eigenvalue weighted by Gasteiger charge is 2.26. The van der Waals surface area contributed by atoms with Gasteiger partial charge in [0.05, 0.1) is 13.2 Å². The minimum absolute atomic E-state index is 0.00765. The molecule has 0 spiro atoms. The first-order chi connectivity index (χ1) is 14.6. The molecule has 3 N–H and O–H groups in total. The Morgan fingerprint density at radius 2 is 1.63 bits per heavy atom. The molecule has 2 aliphatic rings. The standard InChI is InChI=1S/C19H25N7O4/c20-17-16(22-30-23-17)18(27)25-6-1-7-26(9-8-25)19(28)21-14-2-4-15(5-3-14)24-10-12-29-13-11-24/h2-5H,1,6-13H2,(H2,20,23)(H,21,28). The normalized spacial score (nSPS) is 17.5. The second-order valence-corrected chi connectivity index (χ2v) is 7.21. The zero-order chi connectivity index (χ0) is 20.9. The van der Waals surface area contributed by atoms with E-state index < -0.39 is 0 Å². The van der Waals surface area contributed by atoms with Gasteiger partial charge in [0.2, 0.25) is 11.5 Å². The van der Waals surface area contributed by atoms with Gasteiger partial charge < -0.3 is 30.5 Å². The summed E-state index contributed by atoms with van der Waals surface area (Å²) in [5, 5.41) is 9.94. The Morgan fingerprint density at radius 1 is 0.933 bits per heavy atom. The fourth-order valence-corrected chi connectivity index (χ4v) is 3.60. The van der Waals surface area contributed by atoms with Crippen molar-refractivity contribution in [3.63, 3.8) is 0 Å². The van der Waals surface area contributed by atoms with E-state index in [2.05, 4.69) is 25.2 Å². The summed E-state index contributed by atoms with van der Waals surface area (Å²) in [6, 6.07) is 7.61. The van der Waals surface area contributed by atoms with Crippen LogP contribution in [-0.4, -0.2) is 84.5 Å². The highest BCUT2D eigenvalue weighted by atomic mass is 16.6. The number of nitrogens with one attached hydrogen (secondary N) is 1. The van der Waals surface area contributed by atoms with Crippen LogP contribution < -0.4 is 16.0 Å². The number of amides is 3. The summed E-state index contributed by atoms with van der Waals surface area (Å²) >= 11 is 0. The quantitative estimate of drug-likeness (QED) is 0.755. The highest BCUT2D eigenvalue weighted by molar-refractivity contribution is 5.96. The van der Waals surface area contributed by atoms with Crippen LogP contribution in [0.15, 0.2) is 28.9 Å². The molecular weight excluding hydrogens is 390 g/mol. The molecule has 0 radical (unpaired) electrons. The van der Waals surface area contributed by atoms with Crippen molar-refractivity contribution in [2.75, 3.05) is 68.4 Å². The van der Waals surface area contributed by atoms with E-state index >= 15 is 0 Å². The third kappa shape index (κ3) is 4.46. The number of morpholine rings is 1. The predicted octanol–water partition coefficient (Wildman–Crippen LogP) is 0.868. The number of nitrogens with zero attached hydrogens (tertiary/aromatic N) is 5. The number of hydrogen-bond acceptors (Lipinski definition) is 8. The van der Waals surface area contributed by atoms with Gasteiger partial charge in [-0.25, -0.2) is 9.42 Å². The fourth-order valence-electron chi connectivity index (χ4n) is 3.60. The van der Waals surface area contributed by atoms with E-state index in [4.69, 9.17) is 10.5 Å². The first-order valence-electron chi connectivity index (χ1n) is 9.98. The van der Waals surface area contributed by atoms with Crippen molar-refractivity contribution < 1.29 is 19.0 Å². The number of carbonyl (C=O) groups is 2. The van der Waals surface area contributed by atoms with Gasteiger partial charge >= 0.3 is 6.03 Å². The molecule has 3 heterocycles. The summed E-state index contributed by atoms with van der Waals surface area (Å²) in [6.45, 7) is 5.04. The van der Waals surface area contributed by atoms with Crippen LogP contribution >= 0.6 is 0 Å². The van der Waals surface area contributed by atoms with Gasteiger partial charge in [0, 0.05) is 50.6 Å². The van der Waals surface area contributed by atoms with Gasteiger partial charge in [-0.05, 0) is 41.0 Å². The van der Waals surface area contributed by atoms with E-state index in [0.29, 0.717) is 32.6 Å². The van der Waals surface area contributed by atoms with Crippen molar-refractivity contribution >= 4 is 29.1 Å². The Morgan fingerprint density at radius 3 is 2.33 bits per heavy atom. The van der Waals surface area contributed by atoms with Crippen LogP contribution in [-0.2, 0) is 4.74 Å². The van der Waals surface area contributed by atoms with Gasteiger partial charge in [0.15, 0.2) is 0 Å². The number of carbonyl (C=O) groups excluding carboxylic acids is 2. The second-order valence-electron chi connectivity index (χ2n) is 7.21. The van der Waals surface area contributed by atoms with Gasteiger partial charge in [-0.2, -0.15) is 0 Å². The van der Waals surface area contributed by atoms with Gasteiger partial charge in [-0.15, -0.1) is 0 Å². The Balaban J connectivity index is 1.31. The van der Waals surface area contributed by atoms with Crippen LogP contribution in [0.5, 0.6) is 0 Å². The van der Waals surface area contributed by atoms with Gasteiger partial charge in [-0.3, -0.25) is 4.79 Å². The number of rotatable bonds is 3. The second kappa shape index (κ2) is 8.99. The maximum Gasteiger partial charge on any atom is 0.321 e. The molecule has 0 saturated carbocycles.